The largest absolute Gasteiger partial charge is 0.300 e. The average Bonchev–Trinajstić information content (AvgIpc) is 2.33. The number of nitrogens with one attached hydrogen (secondary N) is 2. The SMILES string of the molecule is CC(=O)Cc1n[nH]c(N[N+](=O)[O-])n1. The van der Waals surface area contributed by atoms with Gasteiger partial charge in [0.25, 0.3) is 5.95 Å². The Morgan fingerprint density at radius 2 is 2.46 bits per heavy atom. The molecule has 70 valence electrons. The summed E-state index contributed by atoms with van der Waals surface area (Å²) in [4.78, 5) is 24.2. The van der Waals surface area contributed by atoms with Crippen LogP contribution in [0.1, 0.15) is 12.7 Å². The molecular formula is C5H7N5O3. The topological polar surface area (TPSA) is 114 Å². The molecule has 0 spiro atoms. The molecule has 13 heavy (non-hydrogen) atoms. The Balaban J connectivity index is 2.63. The minimum Gasteiger partial charge on any atom is -0.300 e. The molecule has 1 heterocycles. The van der Waals surface area contributed by atoms with Crippen molar-refractivity contribution in [3.8, 4) is 0 Å². The minimum absolute atomic E-state index is 0.0654. The Morgan fingerprint density at radius 1 is 1.77 bits per heavy atom. The number of nitrogens with zero attached hydrogens (tertiary/aromatic N) is 3. The molecule has 0 aliphatic rings. The molecule has 1 aromatic rings. The minimum atomic E-state index is -0.766. The molecule has 0 aliphatic heterocycles. The van der Waals surface area contributed by atoms with Crippen LogP contribution < -0.4 is 5.43 Å². The molecule has 0 aliphatic carbocycles. The van der Waals surface area contributed by atoms with Gasteiger partial charge in [-0.05, 0) is 6.92 Å². The summed E-state index contributed by atoms with van der Waals surface area (Å²) < 4.78 is 0. The molecular weight excluding hydrogens is 178 g/mol. The van der Waals surface area contributed by atoms with Crippen molar-refractivity contribution in [2.24, 2.45) is 0 Å². The molecule has 0 radical (unpaired) electrons. The molecule has 0 bridgehead atoms. The lowest BCUT2D eigenvalue weighted by Crippen LogP contribution is -2.09. The van der Waals surface area contributed by atoms with E-state index in [2.05, 4.69) is 15.2 Å². The summed E-state index contributed by atoms with van der Waals surface area (Å²) in [5.41, 5.74) is 1.78. The van der Waals surface area contributed by atoms with E-state index in [0.717, 1.165) is 0 Å². The second-order valence-electron chi connectivity index (χ2n) is 2.35. The van der Waals surface area contributed by atoms with E-state index in [1.165, 1.54) is 6.92 Å². The fourth-order valence-electron chi connectivity index (χ4n) is 0.735. The summed E-state index contributed by atoms with van der Waals surface area (Å²) in [5, 5.41) is 15.0. The molecule has 0 aromatic carbocycles. The highest BCUT2D eigenvalue weighted by atomic mass is 16.7. The zero-order valence-corrected chi connectivity index (χ0v) is 6.77. The van der Waals surface area contributed by atoms with E-state index < -0.39 is 5.03 Å². The molecule has 2 N–H and O–H groups in total. The van der Waals surface area contributed by atoms with E-state index in [1.807, 2.05) is 0 Å². The number of nitro groups is 1. The average molecular weight is 185 g/mol. The maximum Gasteiger partial charge on any atom is 0.281 e. The van der Waals surface area contributed by atoms with Crippen LogP contribution in [0.2, 0.25) is 0 Å². The zero-order chi connectivity index (χ0) is 9.84. The molecule has 1 rings (SSSR count). The van der Waals surface area contributed by atoms with Crippen LogP contribution in [0, 0.1) is 10.1 Å². The number of ketones is 1. The molecule has 8 heteroatoms. The fourth-order valence-corrected chi connectivity index (χ4v) is 0.735. The van der Waals surface area contributed by atoms with E-state index in [0.29, 0.717) is 0 Å². The van der Waals surface area contributed by atoms with Gasteiger partial charge in [-0.15, -0.1) is 0 Å². The molecule has 1 aromatic heterocycles. The quantitative estimate of drug-likeness (QED) is 0.484. The molecule has 0 saturated carbocycles. The smallest absolute Gasteiger partial charge is 0.281 e. The summed E-state index contributed by atoms with van der Waals surface area (Å²) in [6.45, 7) is 1.39. The van der Waals surface area contributed by atoms with E-state index >= 15 is 0 Å². The van der Waals surface area contributed by atoms with Crippen LogP contribution in [-0.4, -0.2) is 26.0 Å². The van der Waals surface area contributed by atoms with Crippen molar-refractivity contribution in [2.75, 3.05) is 5.43 Å². The first kappa shape index (κ1) is 9.10. The molecule has 0 saturated heterocycles. The predicted octanol–water partition coefficient (Wildman–Crippen LogP) is -0.460. The van der Waals surface area contributed by atoms with E-state index in [9.17, 15) is 14.9 Å². The Hall–Kier alpha value is -1.99. The van der Waals surface area contributed by atoms with Crippen molar-refractivity contribution in [3.05, 3.63) is 15.9 Å². The van der Waals surface area contributed by atoms with E-state index in [1.54, 1.807) is 5.43 Å². The van der Waals surface area contributed by atoms with Crippen LogP contribution in [0.3, 0.4) is 0 Å². The maximum absolute atomic E-state index is 10.6. The van der Waals surface area contributed by atoms with Gasteiger partial charge in [0.1, 0.15) is 5.78 Å². The number of hydrogen-bond acceptors (Lipinski definition) is 5. The van der Waals surface area contributed by atoms with Crippen LogP contribution in [0.15, 0.2) is 0 Å². The van der Waals surface area contributed by atoms with Crippen molar-refractivity contribution in [1.82, 2.24) is 15.2 Å². The van der Waals surface area contributed by atoms with Gasteiger partial charge < -0.3 is 0 Å². The number of carbonyl (C=O) groups is 1. The van der Waals surface area contributed by atoms with Gasteiger partial charge >= 0.3 is 0 Å². The van der Waals surface area contributed by atoms with Crippen LogP contribution in [0.5, 0.6) is 0 Å². The van der Waals surface area contributed by atoms with Crippen molar-refractivity contribution in [2.45, 2.75) is 13.3 Å². The summed E-state index contributed by atoms with van der Waals surface area (Å²) in [5.74, 6) is 0.0461. The van der Waals surface area contributed by atoms with Gasteiger partial charge in [-0.1, -0.05) is 5.43 Å². The molecule has 0 unspecified atom stereocenters. The third-order valence-electron chi connectivity index (χ3n) is 1.14. The Morgan fingerprint density at radius 3 is 3.00 bits per heavy atom. The van der Waals surface area contributed by atoms with Gasteiger partial charge in [0.2, 0.25) is 0 Å². The first-order valence-electron chi connectivity index (χ1n) is 3.39. The van der Waals surface area contributed by atoms with E-state index in [4.69, 9.17) is 0 Å². The molecule has 8 nitrogen and oxygen atoms in total. The highest BCUT2D eigenvalue weighted by Crippen LogP contribution is 1.98. The van der Waals surface area contributed by atoms with Crippen molar-refractivity contribution in [1.29, 1.82) is 0 Å². The second kappa shape index (κ2) is 3.61. The number of H-pyrrole nitrogens is 1. The van der Waals surface area contributed by atoms with Gasteiger partial charge in [-0.25, -0.2) is 15.2 Å². The summed E-state index contributed by atoms with van der Waals surface area (Å²) >= 11 is 0. The summed E-state index contributed by atoms with van der Waals surface area (Å²) in [6.07, 6.45) is 0.0654. The number of aromatic nitrogens is 3. The molecule has 0 atom stereocenters. The van der Waals surface area contributed by atoms with Gasteiger partial charge in [-0.2, -0.15) is 10.1 Å². The Bertz CT molecular complexity index is 302. The Labute approximate surface area is 72.5 Å². The monoisotopic (exact) mass is 185 g/mol. The van der Waals surface area contributed by atoms with Crippen LogP contribution in [0.25, 0.3) is 0 Å². The zero-order valence-electron chi connectivity index (χ0n) is 6.77. The van der Waals surface area contributed by atoms with Gasteiger partial charge in [0.15, 0.2) is 10.9 Å². The lowest BCUT2D eigenvalue weighted by atomic mass is 10.3. The number of rotatable bonds is 4. The number of carbonyl (C=O) groups excluding carboxylic acids is 1. The number of aromatic amines is 1. The van der Waals surface area contributed by atoms with Crippen LogP contribution in [0.4, 0.5) is 5.95 Å². The number of hydrogen-bond donors (Lipinski definition) is 2. The second-order valence-corrected chi connectivity index (χ2v) is 2.35. The predicted molar refractivity (Wildman–Crippen MR) is 41.4 cm³/mol. The third kappa shape index (κ3) is 2.85. The van der Waals surface area contributed by atoms with Gasteiger partial charge in [0, 0.05) is 0 Å². The first-order valence-corrected chi connectivity index (χ1v) is 3.39. The Kier molecular flexibility index (Phi) is 2.52. The highest BCUT2D eigenvalue weighted by Gasteiger charge is 2.07. The standard InChI is InChI=1S/C5H7N5O3/c1-3(11)2-4-6-5(8-7-4)9-10(12)13/h2H2,1H3,(H2,6,7,8,9). The maximum atomic E-state index is 10.6. The summed E-state index contributed by atoms with van der Waals surface area (Å²) in [6, 6.07) is 0. The van der Waals surface area contributed by atoms with Gasteiger partial charge in [0.05, 0.1) is 6.42 Å². The van der Waals surface area contributed by atoms with E-state index in [-0.39, 0.29) is 24.0 Å². The van der Waals surface area contributed by atoms with Crippen molar-refractivity contribution in [3.63, 3.8) is 0 Å². The highest BCUT2D eigenvalue weighted by molar-refractivity contribution is 5.77. The first-order chi connectivity index (χ1) is 6.08. The normalized spacial score (nSPS) is 9.62. The van der Waals surface area contributed by atoms with Gasteiger partial charge in [-0.3, -0.25) is 4.79 Å². The lowest BCUT2D eigenvalue weighted by Gasteiger charge is -1.87. The summed E-state index contributed by atoms with van der Waals surface area (Å²) in [7, 11) is 0. The molecule has 0 amide bonds. The lowest BCUT2D eigenvalue weighted by molar-refractivity contribution is -0.446. The van der Waals surface area contributed by atoms with Crippen LogP contribution >= 0.6 is 0 Å². The van der Waals surface area contributed by atoms with Crippen LogP contribution in [-0.2, 0) is 11.2 Å². The number of anilines is 1. The van der Waals surface area contributed by atoms with Crippen molar-refractivity contribution >= 4 is 11.7 Å². The number of hydrazine groups is 1. The molecule has 0 fully saturated rings. The third-order valence-corrected chi connectivity index (χ3v) is 1.14. The number of Topliss-reactive ketones (excluding diaryl/α,β-unsaturated/α-hetero) is 1. The fraction of sp³-hybridized carbons (Fsp3) is 0.400. The van der Waals surface area contributed by atoms with Crippen molar-refractivity contribution < 1.29 is 9.83 Å².